The van der Waals surface area contributed by atoms with Gasteiger partial charge in [0.15, 0.2) is 0 Å². The van der Waals surface area contributed by atoms with Gasteiger partial charge in [-0.25, -0.2) is 0 Å². The monoisotopic (exact) mass is 856 g/mol. The van der Waals surface area contributed by atoms with Gasteiger partial charge in [-0.1, -0.05) is 249 Å². The SMILES string of the molecule is CCCCC/C=C/C=C/C=C/C=C/CCCCCCCC(=O)OC(CCCCCCCCC)CC(=O)NC(CO)C(O)CCCCCCCCCCCCCCCCCCC. The Bertz CT molecular complexity index is 1050. The van der Waals surface area contributed by atoms with Gasteiger partial charge in [0.25, 0.3) is 0 Å². The van der Waals surface area contributed by atoms with E-state index in [0.29, 0.717) is 19.3 Å². The van der Waals surface area contributed by atoms with Gasteiger partial charge in [-0.2, -0.15) is 0 Å². The van der Waals surface area contributed by atoms with Crippen molar-refractivity contribution in [3.8, 4) is 0 Å². The van der Waals surface area contributed by atoms with E-state index in [0.717, 1.165) is 77.0 Å². The molecule has 0 heterocycles. The van der Waals surface area contributed by atoms with Gasteiger partial charge in [-0.05, 0) is 51.4 Å². The van der Waals surface area contributed by atoms with Crippen LogP contribution < -0.4 is 5.32 Å². The average Bonchev–Trinajstić information content (AvgIpc) is 3.25. The molecule has 0 aromatic rings. The number of esters is 1. The second-order valence-corrected chi connectivity index (χ2v) is 18.0. The molecule has 0 fully saturated rings. The molecule has 0 saturated heterocycles. The molecule has 0 aliphatic heterocycles. The molecule has 0 aliphatic rings. The smallest absolute Gasteiger partial charge is 0.306 e. The summed E-state index contributed by atoms with van der Waals surface area (Å²) >= 11 is 0. The van der Waals surface area contributed by atoms with E-state index < -0.39 is 18.2 Å². The highest BCUT2D eigenvalue weighted by molar-refractivity contribution is 5.77. The Morgan fingerprint density at radius 1 is 0.475 bits per heavy atom. The number of unbranched alkanes of at least 4 members (excludes halogenated alkanes) is 30. The first-order valence-electron chi connectivity index (χ1n) is 26.4. The van der Waals surface area contributed by atoms with E-state index in [2.05, 4.69) is 74.7 Å². The van der Waals surface area contributed by atoms with E-state index in [4.69, 9.17) is 4.74 Å². The summed E-state index contributed by atoms with van der Waals surface area (Å²) in [5, 5.41) is 23.7. The van der Waals surface area contributed by atoms with E-state index in [1.54, 1.807) is 0 Å². The molecule has 0 saturated carbocycles. The highest BCUT2D eigenvalue weighted by atomic mass is 16.5. The normalized spacial score (nSPS) is 13.6. The molecule has 61 heavy (non-hydrogen) atoms. The third-order valence-electron chi connectivity index (χ3n) is 12.0. The molecule has 3 N–H and O–H groups in total. The van der Waals surface area contributed by atoms with Crippen LogP contribution >= 0.6 is 0 Å². The van der Waals surface area contributed by atoms with E-state index in [1.807, 2.05) is 0 Å². The number of hydrogen-bond acceptors (Lipinski definition) is 5. The number of amides is 1. The number of carbonyl (C=O) groups is 2. The summed E-state index contributed by atoms with van der Waals surface area (Å²) in [5.41, 5.74) is 0. The van der Waals surface area contributed by atoms with Crippen LogP contribution in [0.5, 0.6) is 0 Å². The third kappa shape index (κ3) is 44.2. The zero-order valence-corrected chi connectivity index (χ0v) is 40.5. The number of hydrogen-bond donors (Lipinski definition) is 3. The highest BCUT2D eigenvalue weighted by Gasteiger charge is 2.24. The van der Waals surface area contributed by atoms with E-state index in [-0.39, 0.29) is 24.9 Å². The predicted molar refractivity (Wildman–Crippen MR) is 264 cm³/mol. The minimum Gasteiger partial charge on any atom is -0.462 e. The van der Waals surface area contributed by atoms with Crippen molar-refractivity contribution in [2.75, 3.05) is 6.61 Å². The first-order valence-corrected chi connectivity index (χ1v) is 26.4. The van der Waals surface area contributed by atoms with Crippen molar-refractivity contribution in [2.24, 2.45) is 0 Å². The van der Waals surface area contributed by atoms with Crippen LogP contribution in [0.4, 0.5) is 0 Å². The van der Waals surface area contributed by atoms with Crippen molar-refractivity contribution >= 4 is 11.9 Å². The molecule has 0 aromatic heterocycles. The molecule has 6 nitrogen and oxygen atoms in total. The molecule has 0 spiro atoms. The van der Waals surface area contributed by atoms with Gasteiger partial charge >= 0.3 is 5.97 Å². The van der Waals surface area contributed by atoms with Gasteiger partial charge in [-0.15, -0.1) is 0 Å². The Hall–Kier alpha value is -2.18. The van der Waals surface area contributed by atoms with Crippen LogP contribution in [0.15, 0.2) is 48.6 Å². The van der Waals surface area contributed by atoms with Crippen LogP contribution in [-0.4, -0.2) is 46.9 Å². The summed E-state index contributed by atoms with van der Waals surface area (Å²) < 4.78 is 5.89. The number of nitrogens with one attached hydrogen (secondary N) is 1. The molecule has 0 aromatic carbocycles. The fraction of sp³-hybridized carbons (Fsp3) is 0.818. The first kappa shape index (κ1) is 58.8. The summed E-state index contributed by atoms with van der Waals surface area (Å²) in [6, 6.07) is -0.704. The van der Waals surface area contributed by atoms with Gasteiger partial charge in [0.2, 0.25) is 5.91 Å². The van der Waals surface area contributed by atoms with Crippen LogP contribution in [0.2, 0.25) is 0 Å². The summed E-state index contributed by atoms with van der Waals surface area (Å²) in [5.74, 6) is -0.498. The molecule has 0 radical (unpaired) electrons. The highest BCUT2D eigenvalue weighted by Crippen LogP contribution is 2.18. The van der Waals surface area contributed by atoms with Gasteiger partial charge in [-0.3, -0.25) is 9.59 Å². The summed E-state index contributed by atoms with van der Waals surface area (Å²) in [6.45, 7) is 6.42. The molecule has 3 atom stereocenters. The lowest BCUT2D eigenvalue weighted by atomic mass is 10.0. The van der Waals surface area contributed by atoms with Gasteiger partial charge in [0.1, 0.15) is 6.10 Å². The minimum absolute atomic E-state index is 0.0685. The second kappa shape index (κ2) is 48.8. The molecular weight excluding hydrogens is 755 g/mol. The van der Waals surface area contributed by atoms with Crippen LogP contribution in [0.25, 0.3) is 0 Å². The van der Waals surface area contributed by atoms with E-state index in [1.165, 1.54) is 141 Å². The van der Waals surface area contributed by atoms with Crippen molar-refractivity contribution in [1.29, 1.82) is 0 Å². The van der Waals surface area contributed by atoms with Gasteiger partial charge in [0.05, 0.1) is 25.2 Å². The molecule has 6 heteroatoms. The topological polar surface area (TPSA) is 95.9 Å². The quantitative estimate of drug-likeness (QED) is 0.0322. The number of carbonyl (C=O) groups excluding carboxylic acids is 2. The van der Waals surface area contributed by atoms with Crippen LogP contribution in [0.3, 0.4) is 0 Å². The van der Waals surface area contributed by atoms with Crippen molar-refractivity contribution in [1.82, 2.24) is 5.32 Å². The zero-order chi connectivity index (χ0) is 44.5. The molecule has 0 bridgehead atoms. The molecular formula is C55H101NO5. The lowest BCUT2D eigenvalue weighted by Gasteiger charge is -2.24. The predicted octanol–water partition coefficient (Wildman–Crippen LogP) is 15.8. The van der Waals surface area contributed by atoms with Crippen LogP contribution in [0, 0.1) is 0 Å². The molecule has 0 rings (SSSR count). The molecule has 1 amide bonds. The standard InChI is InChI=1S/C55H101NO5/c1-4-7-10-13-16-18-20-22-24-26-28-30-32-34-36-39-42-45-48-55(60)61-51(46-43-40-37-15-12-9-6-3)49-54(59)56-52(50-57)53(58)47-44-41-38-35-33-31-29-27-25-23-21-19-17-14-11-8-5-2/h16,18,20,22,24,26,28,30,51-53,57-58H,4-15,17,19,21,23,25,27,29,31-50H2,1-3H3,(H,56,59)/b18-16+,22-20+,26-24+,30-28+. The molecule has 3 unspecified atom stereocenters. The van der Waals surface area contributed by atoms with Gasteiger partial charge in [0, 0.05) is 6.42 Å². The number of ether oxygens (including phenoxy) is 1. The summed E-state index contributed by atoms with van der Waals surface area (Å²) in [6.07, 6.45) is 59.0. The third-order valence-corrected chi connectivity index (χ3v) is 12.0. The van der Waals surface area contributed by atoms with Gasteiger partial charge < -0.3 is 20.3 Å². The largest absolute Gasteiger partial charge is 0.462 e. The fourth-order valence-corrected chi connectivity index (χ4v) is 7.97. The second-order valence-electron chi connectivity index (χ2n) is 18.0. The molecule has 356 valence electrons. The Balaban J connectivity index is 4.37. The maximum Gasteiger partial charge on any atom is 0.306 e. The Morgan fingerprint density at radius 3 is 1.30 bits per heavy atom. The average molecular weight is 856 g/mol. The zero-order valence-electron chi connectivity index (χ0n) is 40.5. The number of allylic oxidation sites excluding steroid dienone is 8. The van der Waals surface area contributed by atoms with Crippen molar-refractivity contribution in [3.63, 3.8) is 0 Å². The Kier molecular flexibility index (Phi) is 47.1. The lowest BCUT2D eigenvalue weighted by molar-refractivity contribution is -0.151. The minimum atomic E-state index is -0.790. The van der Waals surface area contributed by atoms with Crippen molar-refractivity contribution < 1.29 is 24.5 Å². The van der Waals surface area contributed by atoms with Crippen molar-refractivity contribution in [3.05, 3.63) is 48.6 Å². The summed E-state index contributed by atoms with van der Waals surface area (Å²) in [7, 11) is 0. The Morgan fingerprint density at radius 2 is 0.836 bits per heavy atom. The maximum atomic E-state index is 13.1. The number of aliphatic hydroxyl groups excluding tert-OH is 2. The number of rotatable bonds is 47. The first-order chi connectivity index (χ1) is 30.0. The lowest BCUT2D eigenvalue weighted by Crippen LogP contribution is -2.46. The van der Waals surface area contributed by atoms with Crippen molar-refractivity contribution in [2.45, 2.75) is 283 Å². The molecule has 0 aliphatic carbocycles. The number of aliphatic hydroxyl groups is 2. The fourth-order valence-electron chi connectivity index (χ4n) is 7.97. The van der Waals surface area contributed by atoms with E-state index >= 15 is 0 Å². The Labute approximate surface area is 378 Å². The van der Waals surface area contributed by atoms with Crippen LogP contribution in [-0.2, 0) is 14.3 Å². The van der Waals surface area contributed by atoms with Crippen LogP contribution in [0.1, 0.15) is 265 Å². The summed E-state index contributed by atoms with van der Waals surface area (Å²) in [4.78, 5) is 26.0. The maximum absolute atomic E-state index is 13.1. The van der Waals surface area contributed by atoms with E-state index in [9.17, 15) is 19.8 Å².